The number of fused-ring (bicyclic) bond motifs is 1. The maximum absolute atomic E-state index is 11.8. The summed E-state index contributed by atoms with van der Waals surface area (Å²) >= 11 is 0. The molecule has 0 fully saturated rings. The van der Waals surface area contributed by atoms with E-state index in [1.807, 2.05) is 13.8 Å². The molecule has 0 saturated carbocycles. The first-order valence-electron chi connectivity index (χ1n) is 6.66. The Morgan fingerprint density at radius 3 is 2.86 bits per heavy atom. The highest BCUT2D eigenvalue weighted by atomic mass is 16.2. The first-order chi connectivity index (χ1) is 9.88. The minimum Gasteiger partial charge on any atom is -0.397 e. The summed E-state index contributed by atoms with van der Waals surface area (Å²) in [5, 5.41) is 3.25. The minimum absolute atomic E-state index is 0.0834. The van der Waals surface area contributed by atoms with Gasteiger partial charge in [0.15, 0.2) is 0 Å². The number of nitrogens with zero attached hydrogens (tertiary/aromatic N) is 2. The highest BCUT2D eigenvalue weighted by Crippen LogP contribution is 2.25. The van der Waals surface area contributed by atoms with Crippen molar-refractivity contribution in [3.63, 3.8) is 0 Å². The number of amides is 1. The maximum Gasteiger partial charge on any atom is 0.258 e. The Bertz CT molecular complexity index is 723. The van der Waals surface area contributed by atoms with Crippen LogP contribution < -0.4 is 21.5 Å². The molecular formula is C14H19N5O2. The zero-order valence-corrected chi connectivity index (χ0v) is 12.3. The molecule has 0 saturated heterocycles. The van der Waals surface area contributed by atoms with Crippen molar-refractivity contribution in [3.05, 3.63) is 28.8 Å². The Labute approximate surface area is 122 Å². The van der Waals surface area contributed by atoms with Gasteiger partial charge >= 0.3 is 0 Å². The third-order valence-corrected chi connectivity index (χ3v) is 3.03. The molecule has 0 unspecified atom stereocenters. The van der Waals surface area contributed by atoms with Gasteiger partial charge in [-0.15, -0.1) is 0 Å². The van der Waals surface area contributed by atoms with Crippen LogP contribution >= 0.6 is 0 Å². The van der Waals surface area contributed by atoms with E-state index in [4.69, 9.17) is 5.73 Å². The summed E-state index contributed by atoms with van der Waals surface area (Å²) in [6.45, 7) is 3.98. The Kier molecular flexibility index (Phi) is 4.11. The van der Waals surface area contributed by atoms with Crippen molar-refractivity contribution in [1.29, 1.82) is 0 Å². The fraction of sp³-hybridized carbons (Fsp3) is 0.357. The minimum atomic E-state index is -0.238. The van der Waals surface area contributed by atoms with Crippen LogP contribution in [0.2, 0.25) is 0 Å². The lowest BCUT2D eigenvalue weighted by molar-refractivity contribution is -0.120. The zero-order valence-electron chi connectivity index (χ0n) is 12.3. The van der Waals surface area contributed by atoms with Crippen molar-refractivity contribution in [2.75, 3.05) is 24.2 Å². The van der Waals surface area contributed by atoms with Crippen LogP contribution in [-0.4, -0.2) is 35.5 Å². The Morgan fingerprint density at radius 1 is 1.48 bits per heavy atom. The van der Waals surface area contributed by atoms with Gasteiger partial charge in [-0.1, -0.05) is 0 Å². The predicted octanol–water partition coefficient (Wildman–Crippen LogP) is 0.466. The van der Waals surface area contributed by atoms with Crippen LogP contribution in [-0.2, 0) is 4.79 Å². The van der Waals surface area contributed by atoms with Crippen LogP contribution in [0.5, 0.6) is 0 Å². The fourth-order valence-electron chi connectivity index (χ4n) is 2.12. The molecule has 0 aliphatic heterocycles. The van der Waals surface area contributed by atoms with Gasteiger partial charge in [0.05, 0.1) is 35.1 Å². The molecule has 0 bridgehead atoms. The number of carbonyl (C=O) groups is 1. The number of nitrogens with one attached hydrogen (secondary N) is 2. The van der Waals surface area contributed by atoms with Crippen LogP contribution in [0.3, 0.4) is 0 Å². The molecule has 0 aliphatic rings. The third kappa shape index (κ3) is 3.31. The summed E-state index contributed by atoms with van der Waals surface area (Å²) in [5.41, 5.74) is 7.38. The van der Waals surface area contributed by atoms with Crippen LogP contribution in [0, 0.1) is 0 Å². The van der Waals surface area contributed by atoms with E-state index in [0.29, 0.717) is 22.3 Å². The molecule has 1 aromatic carbocycles. The van der Waals surface area contributed by atoms with Crippen molar-refractivity contribution in [3.8, 4) is 0 Å². The van der Waals surface area contributed by atoms with Gasteiger partial charge in [-0.25, -0.2) is 4.98 Å². The van der Waals surface area contributed by atoms with Gasteiger partial charge in [-0.3, -0.25) is 9.59 Å². The van der Waals surface area contributed by atoms with E-state index in [1.165, 1.54) is 6.33 Å². The molecule has 0 spiro atoms. The van der Waals surface area contributed by atoms with E-state index in [0.717, 1.165) is 0 Å². The van der Waals surface area contributed by atoms with Crippen molar-refractivity contribution in [2.45, 2.75) is 19.9 Å². The number of H-pyrrole nitrogens is 1. The molecule has 2 rings (SSSR count). The number of rotatable bonds is 4. The smallest absolute Gasteiger partial charge is 0.258 e. The number of aromatic amines is 1. The molecule has 1 heterocycles. The molecule has 21 heavy (non-hydrogen) atoms. The summed E-state index contributed by atoms with van der Waals surface area (Å²) < 4.78 is 0. The molecule has 0 aliphatic carbocycles. The average Bonchev–Trinajstić information content (AvgIpc) is 2.38. The van der Waals surface area contributed by atoms with Gasteiger partial charge in [0.2, 0.25) is 5.91 Å². The molecule has 2 aromatic rings. The van der Waals surface area contributed by atoms with Gasteiger partial charge < -0.3 is 20.9 Å². The van der Waals surface area contributed by atoms with E-state index >= 15 is 0 Å². The number of hydrogen-bond donors (Lipinski definition) is 3. The van der Waals surface area contributed by atoms with E-state index in [9.17, 15) is 9.59 Å². The standard InChI is InChI=1S/C14H19N5O2/c1-8(2)18-13(20)6-19(3)12-5-11-9(4-10(12)15)14(21)17-7-16-11/h4-5,7-8H,6,15H2,1-3H3,(H,18,20)(H,16,17,21). The predicted molar refractivity (Wildman–Crippen MR) is 83.3 cm³/mol. The quantitative estimate of drug-likeness (QED) is 0.710. The molecule has 0 atom stereocenters. The lowest BCUT2D eigenvalue weighted by Gasteiger charge is -2.21. The molecule has 7 heteroatoms. The highest BCUT2D eigenvalue weighted by molar-refractivity contribution is 5.90. The summed E-state index contributed by atoms with van der Waals surface area (Å²) in [5.74, 6) is -0.0918. The largest absolute Gasteiger partial charge is 0.397 e. The van der Waals surface area contributed by atoms with Gasteiger partial charge in [-0.2, -0.15) is 0 Å². The molecule has 112 valence electrons. The summed E-state index contributed by atoms with van der Waals surface area (Å²) in [6, 6.07) is 3.37. The second-order valence-corrected chi connectivity index (χ2v) is 5.24. The Balaban J connectivity index is 2.31. The number of likely N-dealkylation sites (N-methyl/N-ethyl adjacent to an activating group) is 1. The van der Waals surface area contributed by atoms with Gasteiger partial charge in [-0.05, 0) is 26.0 Å². The summed E-state index contributed by atoms with van der Waals surface area (Å²) in [4.78, 5) is 31.8. The maximum atomic E-state index is 11.8. The van der Waals surface area contributed by atoms with Gasteiger partial charge in [0.25, 0.3) is 5.56 Å². The van der Waals surface area contributed by atoms with E-state index in [1.54, 1.807) is 24.1 Å². The number of nitrogens with two attached hydrogens (primary N) is 1. The molecule has 7 nitrogen and oxygen atoms in total. The second kappa shape index (κ2) is 5.82. The fourth-order valence-corrected chi connectivity index (χ4v) is 2.12. The lowest BCUT2D eigenvalue weighted by Crippen LogP contribution is -2.38. The molecule has 1 amide bonds. The lowest BCUT2D eigenvalue weighted by atomic mass is 10.2. The van der Waals surface area contributed by atoms with Crippen molar-refractivity contribution < 1.29 is 4.79 Å². The Hall–Kier alpha value is -2.57. The number of benzene rings is 1. The number of carbonyl (C=O) groups excluding carboxylic acids is 1. The van der Waals surface area contributed by atoms with Crippen LogP contribution in [0.1, 0.15) is 13.8 Å². The number of anilines is 2. The van der Waals surface area contributed by atoms with Gasteiger partial charge in [0, 0.05) is 13.1 Å². The normalized spacial score (nSPS) is 10.9. The SMILES string of the molecule is CC(C)NC(=O)CN(C)c1cc2nc[nH]c(=O)c2cc1N. The molecule has 0 radical (unpaired) electrons. The molecule has 1 aromatic heterocycles. The van der Waals surface area contributed by atoms with E-state index < -0.39 is 0 Å². The summed E-state index contributed by atoms with van der Waals surface area (Å²) in [6.07, 6.45) is 1.34. The van der Waals surface area contributed by atoms with Crippen molar-refractivity contribution >= 4 is 28.2 Å². The number of hydrogen-bond acceptors (Lipinski definition) is 5. The van der Waals surface area contributed by atoms with E-state index in [2.05, 4.69) is 15.3 Å². The highest BCUT2D eigenvalue weighted by Gasteiger charge is 2.13. The first-order valence-corrected chi connectivity index (χ1v) is 6.66. The van der Waals surface area contributed by atoms with Crippen molar-refractivity contribution in [2.24, 2.45) is 0 Å². The zero-order chi connectivity index (χ0) is 15.6. The monoisotopic (exact) mass is 289 g/mol. The van der Waals surface area contributed by atoms with Gasteiger partial charge in [0.1, 0.15) is 0 Å². The molecule has 4 N–H and O–H groups in total. The average molecular weight is 289 g/mol. The Morgan fingerprint density at radius 2 is 2.19 bits per heavy atom. The van der Waals surface area contributed by atoms with Crippen LogP contribution in [0.4, 0.5) is 11.4 Å². The first kappa shape index (κ1) is 14.8. The van der Waals surface area contributed by atoms with Crippen LogP contribution in [0.15, 0.2) is 23.3 Å². The van der Waals surface area contributed by atoms with Crippen molar-refractivity contribution in [1.82, 2.24) is 15.3 Å². The summed E-state index contributed by atoms with van der Waals surface area (Å²) in [7, 11) is 1.77. The second-order valence-electron chi connectivity index (χ2n) is 5.24. The van der Waals surface area contributed by atoms with E-state index in [-0.39, 0.29) is 24.1 Å². The number of aromatic nitrogens is 2. The van der Waals surface area contributed by atoms with Crippen LogP contribution in [0.25, 0.3) is 10.9 Å². The molecular weight excluding hydrogens is 270 g/mol. The number of nitrogen functional groups attached to an aromatic ring is 1. The topological polar surface area (TPSA) is 104 Å². The third-order valence-electron chi connectivity index (χ3n) is 3.03.